The van der Waals surface area contributed by atoms with E-state index in [0.717, 1.165) is 31.4 Å². The highest BCUT2D eigenvalue weighted by atomic mass is 35.5. The van der Waals surface area contributed by atoms with Gasteiger partial charge < -0.3 is 10.8 Å². The van der Waals surface area contributed by atoms with E-state index in [4.69, 9.17) is 17.3 Å². The second-order valence-electron chi connectivity index (χ2n) is 4.98. The molecule has 0 bridgehead atoms. The minimum absolute atomic E-state index is 0. The Bertz CT molecular complexity index is 463. The van der Waals surface area contributed by atoms with Crippen LogP contribution in [0.25, 0.3) is 0 Å². The molecule has 2 nitrogen and oxygen atoms in total. The summed E-state index contributed by atoms with van der Waals surface area (Å²) in [6.07, 6.45) is -2.55. The molecule has 0 spiro atoms. The molecule has 1 aliphatic rings. The summed E-state index contributed by atoms with van der Waals surface area (Å²) in [6, 6.07) is 2.35. The topological polar surface area (TPSA) is 46.2 Å². The van der Waals surface area contributed by atoms with Gasteiger partial charge in [0.25, 0.3) is 0 Å². The zero-order valence-electron chi connectivity index (χ0n) is 10.5. The van der Waals surface area contributed by atoms with Crippen LogP contribution in [0.3, 0.4) is 0 Å². The van der Waals surface area contributed by atoms with E-state index >= 15 is 0 Å². The van der Waals surface area contributed by atoms with Crippen molar-refractivity contribution in [2.24, 2.45) is 11.7 Å². The van der Waals surface area contributed by atoms with Gasteiger partial charge in [0.15, 0.2) is 0 Å². The fourth-order valence-electron chi connectivity index (χ4n) is 2.24. The van der Waals surface area contributed by atoms with E-state index in [-0.39, 0.29) is 28.9 Å². The summed E-state index contributed by atoms with van der Waals surface area (Å²) in [7, 11) is 0. The SMILES string of the molecule is Cl.N[C@H](c1cc(Cl)cc(C(F)(F)F)c1)[C@@H](O)C1CCC1. The van der Waals surface area contributed by atoms with Crippen LogP contribution in [-0.2, 0) is 6.18 Å². The Morgan fingerprint density at radius 3 is 2.30 bits per heavy atom. The minimum Gasteiger partial charge on any atom is -0.391 e. The zero-order chi connectivity index (χ0) is 14.2. The molecule has 0 aromatic heterocycles. The third kappa shape index (κ3) is 3.79. The molecule has 1 aromatic rings. The summed E-state index contributed by atoms with van der Waals surface area (Å²) < 4.78 is 38.1. The van der Waals surface area contributed by atoms with Gasteiger partial charge in [-0.2, -0.15) is 13.2 Å². The number of halogens is 5. The van der Waals surface area contributed by atoms with E-state index in [1.807, 2.05) is 0 Å². The van der Waals surface area contributed by atoms with Crippen LogP contribution in [-0.4, -0.2) is 11.2 Å². The van der Waals surface area contributed by atoms with Gasteiger partial charge in [0.05, 0.1) is 17.7 Å². The fraction of sp³-hybridized carbons (Fsp3) is 0.538. The normalized spacial score (nSPS) is 18.9. The molecule has 1 fully saturated rings. The minimum atomic E-state index is -4.47. The Balaban J connectivity index is 0.00000200. The van der Waals surface area contributed by atoms with Gasteiger partial charge in [-0.25, -0.2) is 0 Å². The lowest BCUT2D eigenvalue weighted by Crippen LogP contribution is -2.36. The Labute approximate surface area is 126 Å². The maximum Gasteiger partial charge on any atom is 0.416 e. The first-order valence-corrected chi connectivity index (χ1v) is 6.48. The van der Waals surface area contributed by atoms with Crippen LogP contribution in [0.15, 0.2) is 18.2 Å². The first-order valence-electron chi connectivity index (χ1n) is 6.10. The number of nitrogens with two attached hydrogens (primary N) is 1. The van der Waals surface area contributed by atoms with Gasteiger partial charge in [-0.15, -0.1) is 12.4 Å². The number of benzene rings is 1. The van der Waals surface area contributed by atoms with Gasteiger partial charge in [-0.05, 0) is 42.5 Å². The van der Waals surface area contributed by atoms with Gasteiger partial charge in [0.1, 0.15) is 0 Å². The third-order valence-electron chi connectivity index (χ3n) is 3.63. The number of aliphatic hydroxyl groups excluding tert-OH is 1. The van der Waals surface area contributed by atoms with E-state index < -0.39 is 23.9 Å². The summed E-state index contributed by atoms with van der Waals surface area (Å²) in [5.74, 6) is 0.0725. The van der Waals surface area contributed by atoms with Crippen LogP contribution < -0.4 is 5.73 Å². The van der Waals surface area contributed by atoms with Crippen molar-refractivity contribution in [3.8, 4) is 0 Å². The van der Waals surface area contributed by atoms with Crippen molar-refractivity contribution in [3.05, 3.63) is 34.3 Å². The van der Waals surface area contributed by atoms with Crippen molar-refractivity contribution >= 4 is 24.0 Å². The summed E-state index contributed by atoms with van der Waals surface area (Å²) >= 11 is 5.70. The fourth-order valence-corrected chi connectivity index (χ4v) is 2.48. The first-order chi connectivity index (χ1) is 8.79. The third-order valence-corrected chi connectivity index (χ3v) is 3.85. The van der Waals surface area contributed by atoms with Crippen molar-refractivity contribution < 1.29 is 18.3 Å². The smallest absolute Gasteiger partial charge is 0.391 e. The van der Waals surface area contributed by atoms with Crippen LogP contribution in [0.1, 0.15) is 36.4 Å². The predicted molar refractivity (Wildman–Crippen MR) is 74.0 cm³/mol. The van der Waals surface area contributed by atoms with Crippen molar-refractivity contribution in [1.82, 2.24) is 0 Å². The molecule has 7 heteroatoms. The highest BCUT2D eigenvalue weighted by Gasteiger charge is 2.34. The zero-order valence-corrected chi connectivity index (χ0v) is 12.1. The van der Waals surface area contributed by atoms with Gasteiger partial charge >= 0.3 is 6.18 Å². The molecular formula is C13H16Cl2F3NO. The molecule has 0 radical (unpaired) electrons. The average molecular weight is 330 g/mol. The van der Waals surface area contributed by atoms with Crippen LogP contribution in [0, 0.1) is 5.92 Å². The van der Waals surface area contributed by atoms with E-state index in [1.54, 1.807) is 0 Å². The number of aliphatic hydroxyl groups is 1. The maximum absolute atomic E-state index is 12.7. The molecule has 2 atom stereocenters. The number of rotatable bonds is 3. The summed E-state index contributed by atoms with van der Waals surface area (Å²) in [4.78, 5) is 0. The first kappa shape index (κ1) is 17.6. The van der Waals surface area contributed by atoms with Crippen LogP contribution >= 0.6 is 24.0 Å². The van der Waals surface area contributed by atoms with Gasteiger partial charge in [0, 0.05) is 5.02 Å². The molecule has 3 N–H and O–H groups in total. The average Bonchev–Trinajstić information content (AvgIpc) is 2.23. The van der Waals surface area contributed by atoms with Crippen molar-refractivity contribution in [2.75, 3.05) is 0 Å². The van der Waals surface area contributed by atoms with Crippen molar-refractivity contribution in [1.29, 1.82) is 0 Å². The molecule has 1 saturated carbocycles. The predicted octanol–water partition coefficient (Wildman–Crippen LogP) is 3.94. The molecule has 0 aliphatic heterocycles. The number of hydrogen-bond donors (Lipinski definition) is 2. The molecule has 0 unspecified atom stereocenters. The van der Waals surface area contributed by atoms with Crippen LogP contribution in [0.2, 0.25) is 5.02 Å². The van der Waals surface area contributed by atoms with Gasteiger partial charge in [-0.3, -0.25) is 0 Å². The van der Waals surface area contributed by atoms with E-state index in [0.29, 0.717) is 0 Å². The maximum atomic E-state index is 12.7. The molecule has 1 aromatic carbocycles. The van der Waals surface area contributed by atoms with Crippen LogP contribution in [0.4, 0.5) is 13.2 Å². The number of alkyl halides is 3. The van der Waals surface area contributed by atoms with Crippen LogP contribution in [0.5, 0.6) is 0 Å². The Hall–Kier alpha value is -0.490. The Morgan fingerprint density at radius 1 is 1.25 bits per heavy atom. The van der Waals surface area contributed by atoms with Gasteiger partial charge in [0.2, 0.25) is 0 Å². The molecule has 1 aliphatic carbocycles. The Morgan fingerprint density at radius 2 is 1.85 bits per heavy atom. The van der Waals surface area contributed by atoms with E-state index in [9.17, 15) is 18.3 Å². The van der Waals surface area contributed by atoms with Crippen molar-refractivity contribution in [3.63, 3.8) is 0 Å². The quantitative estimate of drug-likeness (QED) is 0.882. The van der Waals surface area contributed by atoms with E-state index in [1.165, 1.54) is 6.07 Å². The lowest BCUT2D eigenvalue weighted by Gasteiger charge is -2.34. The molecule has 0 saturated heterocycles. The monoisotopic (exact) mass is 329 g/mol. The molecule has 2 rings (SSSR count). The van der Waals surface area contributed by atoms with Crippen molar-refractivity contribution in [2.45, 2.75) is 37.6 Å². The highest BCUT2D eigenvalue weighted by Crippen LogP contribution is 2.37. The molecule has 20 heavy (non-hydrogen) atoms. The largest absolute Gasteiger partial charge is 0.416 e. The lowest BCUT2D eigenvalue weighted by atomic mass is 9.77. The summed E-state index contributed by atoms with van der Waals surface area (Å²) in [5.41, 5.74) is 5.23. The Kier molecular flexibility index (Phi) is 5.72. The summed E-state index contributed by atoms with van der Waals surface area (Å²) in [6.45, 7) is 0. The van der Waals surface area contributed by atoms with E-state index in [2.05, 4.69) is 0 Å². The highest BCUT2D eigenvalue weighted by molar-refractivity contribution is 6.30. The second-order valence-corrected chi connectivity index (χ2v) is 5.41. The molecule has 114 valence electrons. The van der Waals surface area contributed by atoms with Gasteiger partial charge in [-0.1, -0.05) is 18.0 Å². The number of hydrogen-bond acceptors (Lipinski definition) is 2. The molecule has 0 amide bonds. The lowest BCUT2D eigenvalue weighted by molar-refractivity contribution is -0.137. The standard InChI is InChI=1S/C13H15ClF3NO.ClH/c14-10-5-8(4-9(6-10)13(15,16)17)11(18)12(19)7-2-1-3-7;/h4-7,11-12,19H,1-3,18H2;1H/t11-,12+;/m1./s1. The molecule has 0 heterocycles. The summed E-state index contributed by atoms with van der Waals surface area (Å²) in [5, 5.41) is 10.00. The second kappa shape index (κ2) is 6.52. The molecular weight excluding hydrogens is 314 g/mol.